The van der Waals surface area contributed by atoms with Gasteiger partial charge < -0.3 is 19.3 Å². The molecule has 2 amide bonds. The summed E-state index contributed by atoms with van der Waals surface area (Å²) in [7, 11) is 2.07. The van der Waals surface area contributed by atoms with Crippen molar-refractivity contribution in [3.05, 3.63) is 53.0 Å². The first-order valence-electron chi connectivity index (χ1n) is 10.4. The summed E-state index contributed by atoms with van der Waals surface area (Å²) in [6.45, 7) is 7.91. The smallest absolute Gasteiger partial charge is 0.270 e. The molecule has 1 fully saturated rings. The topological polar surface area (TPSA) is 48.8 Å². The summed E-state index contributed by atoms with van der Waals surface area (Å²) >= 11 is 1.60. The van der Waals surface area contributed by atoms with E-state index in [1.54, 1.807) is 16.2 Å². The highest BCUT2D eigenvalue weighted by molar-refractivity contribution is 7.17. The Morgan fingerprint density at radius 2 is 1.87 bits per heavy atom. The minimum atomic E-state index is -0.0146. The van der Waals surface area contributed by atoms with Crippen LogP contribution in [0.2, 0.25) is 0 Å². The zero-order valence-electron chi connectivity index (χ0n) is 17.8. The van der Waals surface area contributed by atoms with E-state index in [2.05, 4.69) is 11.9 Å². The van der Waals surface area contributed by atoms with Crippen molar-refractivity contribution in [1.29, 1.82) is 0 Å². The molecular weight excluding hydrogens is 396 g/mol. The molecule has 2 aromatic heterocycles. The number of benzene rings is 1. The van der Waals surface area contributed by atoms with Crippen LogP contribution in [0.1, 0.15) is 23.0 Å². The number of hydrogen-bond acceptors (Lipinski definition) is 4. The highest BCUT2D eigenvalue weighted by Crippen LogP contribution is 2.27. The van der Waals surface area contributed by atoms with E-state index >= 15 is 0 Å². The van der Waals surface area contributed by atoms with Crippen molar-refractivity contribution in [2.45, 2.75) is 20.4 Å². The van der Waals surface area contributed by atoms with Gasteiger partial charge in [-0.15, -0.1) is 11.3 Å². The second-order valence-electron chi connectivity index (χ2n) is 7.86. The van der Waals surface area contributed by atoms with Gasteiger partial charge in [-0.05, 0) is 56.1 Å². The summed E-state index contributed by atoms with van der Waals surface area (Å²) in [4.78, 5) is 32.5. The third-order valence-electron chi connectivity index (χ3n) is 5.76. The highest BCUT2D eigenvalue weighted by atomic mass is 32.1. The third kappa shape index (κ3) is 4.00. The largest absolute Gasteiger partial charge is 0.335 e. The fourth-order valence-corrected chi connectivity index (χ4v) is 4.84. The van der Waals surface area contributed by atoms with Crippen LogP contribution in [0.4, 0.5) is 5.69 Å². The van der Waals surface area contributed by atoms with E-state index in [4.69, 9.17) is 0 Å². The lowest BCUT2D eigenvalue weighted by molar-refractivity contribution is -0.119. The van der Waals surface area contributed by atoms with Crippen LogP contribution < -0.4 is 4.90 Å². The standard InChI is InChI=1S/C23H28N4O2S/c1-4-26(18-7-5-6-17(2)14-18)22(28)16-27-19-8-13-30-21(19)15-20(27)23(29)25-11-9-24(3)10-12-25/h5-8,13-15H,4,9-12,16H2,1-3H3. The van der Waals surface area contributed by atoms with E-state index in [-0.39, 0.29) is 18.4 Å². The van der Waals surface area contributed by atoms with Gasteiger partial charge in [0.2, 0.25) is 5.91 Å². The number of rotatable bonds is 5. The molecule has 0 unspecified atom stereocenters. The number of carbonyl (C=O) groups excluding carboxylic acids is 2. The Labute approximate surface area is 181 Å². The van der Waals surface area contributed by atoms with Crippen molar-refractivity contribution in [1.82, 2.24) is 14.4 Å². The van der Waals surface area contributed by atoms with E-state index in [0.29, 0.717) is 25.3 Å². The summed E-state index contributed by atoms with van der Waals surface area (Å²) in [5.74, 6) is -0.00266. The minimum absolute atomic E-state index is 0.0119. The van der Waals surface area contributed by atoms with Crippen LogP contribution in [-0.4, -0.2) is 66.0 Å². The van der Waals surface area contributed by atoms with Gasteiger partial charge >= 0.3 is 0 Å². The van der Waals surface area contributed by atoms with Crippen LogP contribution in [0.3, 0.4) is 0 Å². The van der Waals surface area contributed by atoms with Crippen molar-refractivity contribution in [3.8, 4) is 0 Å². The Kier molecular flexibility index (Phi) is 5.92. The fourth-order valence-electron chi connectivity index (χ4n) is 4.02. The number of amides is 2. The predicted octanol–water partition coefficient (Wildman–Crippen LogP) is 3.45. The molecule has 1 saturated heterocycles. The molecule has 3 aromatic rings. The predicted molar refractivity (Wildman–Crippen MR) is 122 cm³/mol. The van der Waals surface area contributed by atoms with E-state index in [1.165, 1.54) is 0 Å². The normalized spacial score (nSPS) is 15.0. The molecule has 0 bridgehead atoms. The van der Waals surface area contributed by atoms with Gasteiger partial charge in [-0.25, -0.2) is 0 Å². The maximum Gasteiger partial charge on any atom is 0.270 e. The molecule has 0 N–H and O–H groups in total. The van der Waals surface area contributed by atoms with Crippen molar-refractivity contribution >= 4 is 39.1 Å². The van der Waals surface area contributed by atoms with Crippen LogP contribution in [0.15, 0.2) is 41.8 Å². The zero-order valence-corrected chi connectivity index (χ0v) is 18.6. The quantitative estimate of drug-likeness (QED) is 0.630. The molecular formula is C23H28N4O2S. The van der Waals surface area contributed by atoms with Crippen LogP contribution >= 0.6 is 11.3 Å². The Morgan fingerprint density at radius 3 is 2.57 bits per heavy atom. The number of piperazine rings is 1. The number of thiophene rings is 1. The average molecular weight is 425 g/mol. The molecule has 7 heteroatoms. The van der Waals surface area contributed by atoms with E-state index < -0.39 is 0 Å². The number of carbonyl (C=O) groups is 2. The van der Waals surface area contributed by atoms with E-state index in [9.17, 15) is 9.59 Å². The summed E-state index contributed by atoms with van der Waals surface area (Å²) in [6.07, 6.45) is 0. The van der Waals surface area contributed by atoms with Gasteiger partial charge in [0.25, 0.3) is 5.91 Å². The van der Waals surface area contributed by atoms with Gasteiger partial charge in [-0.1, -0.05) is 12.1 Å². The number of fused-ring (bicyclic) bond motifs is 1. The van der Waals surface area contributed by atoms with Crippen molar-refractivity contribution < 1.29 is 9.59 Å². The van der Waals surface area contributed by atoms with Crippen molar-refractivity contribution in [3.63, 3.8) is 0 Å². The molecule has 6 nitrogen and oxygen atoms in total. The Balaban J connectivity index is 1.63. The Bertz CT molecular complexity index is 1060. The molecule has 3 heterocycles. The lowest BCUT2D eigenvalue weighted by Gasteiger charge is -2.32. The molecule has 30 heavy (non-hydrogen) atoms. The number of likely N-dealkylation sites (N-methyl/N-ethyl adjacent to an activating group) is 2. The van der Waals surface area contributed by atoms with Gasteiger partial charge in [-0.2, -0.15) is 0 Å². The number of aryl methyl sites for hydroxylation is 1. The van der Waals surface area contributed by atoms with Crippen LogP contribution in [0, 0.1) is 6.92 Å². The maximum absolute atomic E-state index is 13.3. The number of nitrogens with zero attached hydrogens (tertiary/aromatic N) is 4. The molecule has 4 rings (SSSR count). The second kappa shape index (κ2) is 8.62. The lowest BCUT2D eigenvalue weighted by atomic mass is 10.2. The first-order valence-corrected chi connectivity index (χ1v) is 11.3. The van der Waals surface area contributed by atoms with Gasteiger partial charge in [-0.3, -0.25) is 9.59 Å². The molecule has 0 radical (unpaired) electrons. The van der Waals surface area contributed by atoms with Gasteiger partial charge in [0, 0.05) is 38.4 Å². The molecule has 1 aliphatic heterocycles. The molecule has 0 saturated carbocycles. The molecule has 1 aromatic carbocycles. The Hall–Kier alpha value is -2.64. The minimum Gasteiger partial charge on any atom is -0.335 e. The second-order valence-corrected chi connectivity index (χ2v) is 8.81. The first-order chi connectivity index (χ1) is 14.5. The maximum atomic E-state index is 13.3. The summed E-state index contributed by atoms with van der Waals surface area (Å²) in [5, 5.41) is 2.01. The van der Waals surface area contributed by atoms with Gasteiger partial charge in [0.05, 0.1) is 10.2 Å². The molecule has 1 aliphatic rings. The van der Waals surface area contributed by atoms with E-state index in [1.807, 2.05) is 65.1 Å². The summed E-state index contributed by atoms with van der Waals surface area (Å²) in [6, 6.07) is 11.9. The van der Waals surface area contributed by atoms with Crippen molar-refractivity contribution in [2.24, 2.45) is 0 Å². The average Bonchev–Trinajstić information content (AvgIpc) is 3.31. The third-order valence-corrected chi connectivity index (χ3v) is 6.61. The van der Waals surface area contributed by atoms with E-state index in [0.717, 1.165) is 34.6 Å². The summed E-state index contributed by atoms with van der Waals surface area (Å²) in [5.41, 5.74) is 3.57. The highest BCUT2D eigenvalue weighted by Gasteiger charge is 2.26. The van der Waals surface area contributed by atoms with Crippen LogP contribution in [-0.2, 0) is 11.3 Å². The molecule has 0 aliphatic carbocycles. The molecule has 158 valence electrons. The number of anilines is 1. The van der Waals surface area contributed by atoms with Gasteiger partial charge in [0.15, 0.2) is 0 Å². The van der Waals surface area contributed by atoms with Crippen molar-refractivity contribution in [2.75, 3.05) is 44.7 Å². The first kappa shape index (κ1) is 20.6. The fraction of sp³-hybridized carbons (Fsp3) is 0.391. The monoisotopic (exact) mass is 424 g/mol. The zero-order chi connectivity index (χ0) is 21.3. The molecule has 0 spiro atoms. The number of hydrogen-bond donors (Lipinski definition) is 0. The number of aromatic nitrogens is 1. The lowest BCUT2D eigenvalue weighted by Crippen LogP contribution is -2.47. The van der Waals surface area contributed by atoms with Crippen LogP contribution in [0.5, 0.6) is 0 Å². The van der Waals surface area contributed by atoms with Gasteiger partial charge in [0.1, 0.15) is 12.2 Å². The summed E-state index contributed by atoms with van der Waals surface area (Å²) < 4.78 is 2.94. The van der Waals surface area contributed by atoms with Crippen LogP contribution in [0.25, 0.3) is 10.2 Å². The SMILES string of the molecule is CCN(C(=O)Cn1c(C(=O)N2CCN(C)CC2)cc2sccc21)c1cccc(C)c1. The Morgan fingerprint density at radius 1 is 1.10 bits per heavy atom. The molecule has 0 atom stereocenters.